The molecule has 0 fully saturated rings. The minimum Gasteiger partial charge on any atom is -0.458 e. The average Bonchev–Trinajstić information content (AvgIpc) is 2.51. The zero-order valence-electron chi connectivity index (χ0n) is 19.0. The molecule has 1 amide bonds. The second-order valence-electron chi connectivity index (χ2n) is 9.48. The first-order valence-electron chi connectivity index (χ1n) is 9.85. The lowest BCUT2D eigenvalue weighted by molar-refractivity contribution is -0.383. The van der Waals surface area contributed by atoms with Crippen molar-refractivity contribution in [3.05, 3.63) is 28.3 Å². The summed E-state index contributed by atoms with van der Waals surface area (Å²) < 4.78 is 10.6. The summed E-state index contributed by atoms with van der Waals surface area (Å²) in [5.41, 5.74) is -1.29. The Bertz CT molecular complexity index is 778. The number of nitrogens with zero attached hydrogens (tertiary/aromatic N) is 1. The van der Waals surface area contributed by atoms with E-state index in [1.54, 1.807) is 41.5 Å². The number of nitrogens with one attached hydrogen (secondary N) is 2. The number of rotatable bonds is 7. The Labute approximate surface area is 177 Å². The predicted molar refractivity (Wildman–Crippen MR) is 116 cm³/mol. The molecule has 0 aliphatic carbocycles. The van der Waals surface area contributed by atoms with Crippen LogP contribution in [0.15, 0.2) is 18.2 Å². The number of ether oxygens (including phenoxy) is 2. The van der Waals surface area contributed by atoms with Crippen molar-refractivity contribution in [3.63, 3.8) is 0 Å². The minimum atomic E-state index is -0.757. The molecule has 0 saturated carbocycles. The van der Waals surface area contributed by atoms with Crippen molar-refractivity contribution in [2.75, 3.05) is 10.6 Å². The smallest absolute Gasteiger partial charge is 0.412 e. The van der Waals surface area contributed by atoms with Gasteiger partial charge in [0, 0.05) is 6.07 Å². The maximum atomic E-state index is 12.6. The molecule has 1 aromatic carbocycles. The molecular formula is C21H33N3O6. The maximum Gasteiger partial charge on any atom is 0.412 e. The van der Waals surface area contributed by atoms with E-state index in [2.05, 4.69) is 10.6 Å². The van der Waals surface area contributed by atoms with Crippen LogP contribution in [0.4, 0.5) is 21.9 Å². The first kappa shape index (κ1) is 25.2. The standard InChI is InChI=1S/C21H33N3O6/c1-13(2)11-16(18(25)29-20(3,4)5)23-15-10-9-14(12-17(15)24(27)28)22-19(26)30-21(6,7)8/h9-10,12-13,16,23H,11H2,1-8H3,(H,22,26)/t16-/m0/s1. The van der Waals surface area contributed by atoms with Gasteiger partial charge in [-0.25, -0.2) is 9.59 Å². The number of carbonyl (C=O) groups is 2. The highest BCUT2D eigenvalue weighted by Crippen LogP contribution is 2.30. The van der Waals surface area contributed by atoms with E-state index in [0.717, 1.165) is 0 Å². The molecular weight excluding hydrogens is 390 g/mol. The van der Waals surface area contributed by atoms with Gasteiger partial charge in [0.15, 0.2) is 0 Å². The molecule has 0 saturated heterocycles. The molecule has 0 aliphatic heterocycles. The Morgan fingerprint density at radius 3 is 2.10 bits per heavy atom. The van der Waals surface area contributed by atoms with Crippen LogP contribution in [0.25, 0.3) is 0 Å². The van der Waals surface area contributed by atoms with Gasteiger partial charge in [0.1, 0.15) is 22.9 Å². The summed E-state index contributed by atoms with van der Waals surface area (Å²) in [6.07, 6.45) is -0.284. The van der Waals surface area contributed by atoms with Crippen LogP contribution in [0.3, 0.4) is 0 Å². The summed E-state index contributed by atoms with van der Waals surface area (Å²) in [5, 5.41) is 17.0. The van der Waals surface area contributed by atoms with Gasteiger partial charge in [-0.1, -0.05) is 13.8 Å². The lowest BCUT2D eigenvalue weighted by Crippen LogP contribution is -2.37. The number of hydrogen-bond donors (Lipinski definition) is 2. The molecule has 9 nitrogen and oxygen atoms in total. The Morgan fingerprint density at radius 2 is 1.63 bits per heavy atom. The number of carbonyl (C=O) groups excluding carboxylic acids is 2. The van der Waals surface area contributed by atoms with Gasteiger partial charge >= 0.3 is 12.1 Å². The van der Waals surface area contributed by atoms with E-state index in [9.17, 15) is 19.7 Å². The van der Waals surface area contributed by atoms with Gasteiger partial charge in [0.2, 0.25) is 0 Å². The number of anilines is 2. The van der Waals surface area contributed by atoms with Gasteiger partial charge in [-0.05, 0) is 66.0 Å². The van der Waals surface area contributed by atoms with Crippen molar-refractivity contribution >= 4 is 29.1 Å². The van der Waals surface area contributed by atoms with Crippen LogP contribution >= 0.6 is 0 Å². The van der Waals surface area contributed by atoms with Crippen molar-refractivity contribution in [1.82, 2.24) is 0 Å². The zero-order valence-corrected chi connectivity index (χ0v) is 19.0. The number of amides is 1. The van der Waals surface area contributed by atoms with E-state index < -0.39 is 34.2 Å². The molecule has 0 aromatic heterocycles. The number of nitro groups is 1. The normalized spacial score (nSPS) is 12.8. The molecule has 0 aliphatic rings. The summed E-state index contributed by atoms with van der Waals surface area (Å²) in [7, 11) is 0. The van der Waals surface area contributed by atoms with E-state index in [-0.39, 0.29) is 23.0 Å². The van der Waals surface area contributed by atoms with Gasteiger partial charge in [-0.3, -0.25) is 15.4 Å². The SMILES string of the molecule is CC(C)C[C@H](Nc1ccc(NC(=O)OC(C)(C)C)cc1[N+](=O)[O-])C(=O)OC(C)(C)C. The van der Waals surface area contributed by atoms with Crippen molar-refractivity contribution in [2.45, 2.75) is 79.1 Å². The summed E-state index contributed by atoms with van der Waals surface area (Å²) in [6.45, 7) is 14.3. The molecule has 2 N–H and O–H groups in total. The number of nitro benzene ring substituents is 1. The summed E-state index contributed by atoms with van der Waals surface area (Å²) in [4.78, 5) is 35.5. The monoisotopic (exact) mass is 423 g/mol. The lowest BCUT2D eigenvalue weighted by atomic mass is 10.0. The first-order chi connectivity index (χ1) is 13.6. The molecule has 30 heavy (non-hydrogen) atoms. The fourth-order valence-electron chi connectivity index (χ4n) is 2.55. The lowest BCUT2D eigenvalue weighted by Gasteiger charge is -2.26. The fourth-order valence-corrected chi connectivity index (χ4v) is 2.55. The molecule has 168 valence electrons. The Kier molecular flexibility index (Phi) is 8.21. The van der Waals surface area contributed by atoms with Crippen LogP contribution in [0.2, 0.25) is 0 Å². The molecule has 0 spiro atoms. The van der Waals surface area contributed by atoms with Crippen LogP contribution < -0.4 is 10.6 Å². The zero-order chi connectivity index (χ0) is 23.3. The van der Waals surface area contributed by atoms with Crippen LogP contribution in [0.1, 0.15) is 61.8 Å². The predicted octanol–water partition coefficient (Wildman–Crippen LogP) is 5.11. The van der Waals surface area contributed by atoms with Crippen molar-refractivity contribution in [2.24, 2.45) is 5.92 Å². The maximum absolute atomic E-state index is 12.6. The second-order valence-corrected chi connectivity index (χ2v) is 9.48. The van der Waals surface area contributed by atoms with Gasteiger partial charge < -0.3 is 14.8 Å². The molecule has 1 aromatic rings. The third-order valence-corrected chi connectivity index (χ3v) is 3.57. The van der Waals surface area contributed by atoms with Crippen molar-refractivity contribution < 1.29 is 24.0 Å². The molecule has 0 unspecified atom stereocenters. The average molecular weight is 424 g/mol. The van der Waals surface area contributed by atoms with Crippen LogP contribution in [0, 0.1) is 16.0 Å². The Balaban J connectivity index is 3.12. The second kappa shape index (κ2) is 9.77. The number of hydrogen-bond acceptors (Lipinski definition) is 7. The van der Waals surface area contributed by atoms with E-state index in [0.29, 0.717) is 6.42 Å². The number of esters is 1. The van der Waals surface area contributed by atoms with Crippen LogP contribution in [-0.2, 0) is 14.3 Å². The van der Waals surface area contributed by atoms with E-state index >= 15 is 0 Å². The van der Waals surface area contributed by atoms with Crippen LogP contribution in [-0.4, -0.2) is 34.2 Å². The minimum absolute atomic E-state index is 0.155. The van der Waals surface area contributed by atoms with E-state index in [1.807, 2.05) is 13.8 Å². The summed E-state index contributed by atoms with van der Waals surface area (Å²) in [5.74, 6) is -0.330. The third kappa shape index (κ3) is 9.11. The van der Waals surface area contributed by atoms with Gasteiger partial charge in [0.05, 0.1) is 10.6 Å². The fraction of sp³-hybridized carbons (Fsp3) is 0.619. The largest absolute Gasteiger partial charge is 0.458 e. The molecule has 9 heteroatoms. The molecule has 0 heterocycles. The molecule has 0 radical (unpaired) electrons. The first-order valence-corrected chi connectivity index (χ1v) is 9.85. The van der Waals surface area contributed by atoms with Gasteiger partial charge in [-0.2, -0.15) is 0 Å². The molecule has 1 rings (SSSR count). The highest BCUT2D eigenvalue weighted by Gasteiger charge is 2.28. The molecule has 0 bridgehead atoms. The number of benzene rings is 1. The van der Waals surface area contributed by atoms with Gasteiger partial charge in [-0.15, -0.1) is 0 Å². The Hall–Kier alpha value is -2.84. The Morgan fingerprint density at radius 1 is 1.07 bits per heavy atom. The van der Waals surface area contributed by atoms with Gasteiger partial charge in [0.25, 0.3) is 5.69 Å². The molecule has 1 atom stereocenters. The quantitative estimate of drug-likeness (QED) is 0.355. The highest BCUT2D eigenvalue weighted by atomic mass is 16.6. The van der Waals surface area contributed by atoms with Crippen molar-refractivity contribution in [3.8, 4) is 0 Å². The highest BCUT2D eigenvalue weighted by molar-refractivity contribution is 5.87. The van der Waals surface area contributed by atoms with Crippen molar-refractivity contribution in [1.29, 1.82) is 0 Å². The third-order valence-electron chi connectivity index (χ3n) is 3.57. The topological polar surface area (TPSA) is 120 Å². The summed E-state index contributed by atoms with van der Waals surface area (Å²) in [6, 6.07) is 3.41. The summed E-state index contributed by atoms with van der Waals surface area (Å²) >= 11 is 0. The van der Waals surface area contributed by atoms with E-state index in [1.165, 1.54) is 18.2 Å². The van der Waals surface area contributed by atoms with Crippen LogP contribution in [0.5, 0.6) is 0 Å². The van der Waals surface area contributed by atoms with E-state index in [4.69, 9.17) is 9.47 Å².